The summed E-state index contributed by atoms with van der Waals surface area (Å²) in [5.74, 6) is -0.715. The predicted octanol–water partition coefficient (Wildman–Crippen LogP) is 3.64. The van der Waals surface area contributed by atoms with Crippen molar-refractivity contribution in [2.75, 3.05) is 5.32 Å². The van der Waals surface area contributed by atoms with E-state index in [-0.39, 0.29) is 18.7 Å². The number of anilines is 1. The molecule has 0 spiro atoms. The number of benzene rings is 1. The maximum Gasteiger partial charge on any atom is 0.303 e. The third-order valence-corrected chi connectivity index (χ3v) is 3.13. The summed E-state index contributed by atoms with van der Waals surface area (Å²) in [6.07, 6.45) is 0.165. The first-order valence-corrected chi connectivity index (χ1v) is 6.82. The summed E-state index contributed by atoms with van der Waals surface area (Å²) in [5, 5.41) is 11.7. The Labute approximate surface area is 120 Å². The Balaban J connectivity index is 2.74. The van der Waals surface area contributed by atoms with Gasteiger partial charge in [-0.25, -0.2) is 0 Å². The molecular weight excluding hydrogens is 254 g/mol. The van der Waals surface area contributed by atoms with E-state index in [1.807, 2.05) is 24.3 Å². The maximum atomic E-state index is 12.1. The van der Waals surface area contributed by atoms with Crippen molar-refractivity contribution in [1.82, 2.24) is 0 Å². The van der Waals surface area contributed by atoms with Gasteiger partial charge in [-0.05, 0) is 23.0 Å². The number of rotatable bonds is 6. The summed E-state index contributed by atoms with van der Waals surface area (Å²) in [7, 11) is 0. The highest BCUT2D eigenvalue weighted by molar-refractivity contribution is 5.92. The fourth-order valence-corrected chi connectivity index (χ4v) is 2.22. The zero-order valence-electron chi connectivity index (χ0n) is 12.6. The van der Waals surface area contributed by atoms with Gasteiger partial charge in [-0.3, -0.25) is 9.59 Å². The van der Waals surface area contributed by atoms with Gasteiger partial charge in [-0.15, -0.1) is 0 Å². The summed E-state index contributed by atoms with van der Waals surface area (Å²) in [6, 6.07) is 7.68. The molecule has 2 N–H and O–H groups in total. The van der Waals surface area contributed by atoms with E-state index in [0.29, 0.717) is 5.92 Å². The van der Waals surface area contributed by atoms with Crippen LogP contribution in [0.4, 0.5) is 5.69 Å². The summed E-state index contributed by atoms with van der Waals surface area (Å²) in [4.78, 5) is 22.8. The number of carboxylic acid groups (broad SMARTS) is 1. The molecule has 0 aliphatic heterocycles. The van der Waals surface area contributed by atoms with Crippen molar-refractivity contribution >= 4 is 17.6 Å². The Kier molecular flexibility index (Phi) is 5.31. The Morgan fingerprint density at radius 2 is 1.80 bits per heavy atom. The van der Waals surface area contributed by atoms with Crippen LogP contribution in [0.1, 0.15) is 52.0 Å². The SMILES string of the molecule is CC(C)c1ccccc1NC(=O)CC(C)(C)CC(=O)O. The number of hydrogen-bond acceptors (Lipinski definition) is 2. The van der Waals surface area contributed by atoms with E-state index in [4.69, 9.17) is 5.11 Å². The average molecular weight is 277 g/mol. The Bertz CT molecular complexity index is 492. The number of carboxylic acids is 1. The smallest absolute Gasteiger partial charge is 0.303 e. The highest BCUT2D eigenvalue weighted by Crippen LogP contribution is 2.27. The quantitative estimate of drug-likeness (QED) is 0.834. The minimum absolute atomic E-state index is 0.0216. The largest absolute Gasteiger partial charge is 0.481 e. The summed E-state index contributed by atoms with van der Waals surface area (Å²) in [6.45, 7) is 7.71. The van der Waals surface area contributed by atoms with Gasteiger partial charge < -0.3 is 10.4 Å². The van der Waals surface area contributed by atoms with Crippen LogP contribution in [0.5, 0.6) is 0 Å². The lowest BCUT2D eigenvalue weighted by molar-refractivity contribution is -0.139. The zero-order chi connectivity index (χ0) is 15.3. The van der Waals surface area contributed by atoms with Crippen LogP contribution in [0.2, 0.25) is 0 Å². The van der Waals surface area contributed by atoms with Gasteiger partial charge >= 0.3 is 5.97 Å². The predicted molar refractivity (Wildman–Crippen MR) is 79.8 cm³/mol. The molecule has 1 rings (SSSR count). The van der Waals surface area contributed by atoms with Gasteiger partial charge in [0.15, 0.2) is 0 Å². The normalized spacial score (nSPS) is 11.4. The van der Waals surface area contributed by atoms with Gasteiger partial charge in [-0.1, -0.05) is 45.9 Å². The van der Waals surface area contributed by atoms with Crippen molar-refractivity contribution in [1.29, 1.82) is 0 Å². The van der Waals surface area contributed by atoms with E-state index in [9.17, 15) is 9.59 Å². The monoisotopic (exact) mass is 277 g/mol. The molecule has 4 heteroatoms. The number of carbonyl (C=O) groups excluding carboxylic acids is 1. The van der Waals surface area contributed by atoms with Crippen LogP contribution in [-0.2, 0) is 9.59 Å². The van der Waals surface area contributed by atoms with Crippen molar-refractivity contribution in [3.05, 3.63) is 29.8 Å². The van der Waals surface area contributed by atoms with E-state index < -0.39 is 11.4 Å². The second-order valence-corrected chi connectivity index (χ2v) is 6.20. The van der Waals surface area contributed by atoms with E-state index in [1.54, 1.807) is 13.8 Å². The van der Waals surface area contributed by atoms with Crippen LogP contribution < -0.4 is 5.32 Å². The van der Waals surface area contributed by atoms with Gasteiger partial charge in [0.2, 0.25) is 5.91 Å². The molecule has 4 nitrogen and oxygen atoms in total. The topological polar surface area (TPSA) is 66.4 Å². The molecule has 0 aliphatic rings. The minimum Gasteiger partial charge on any atom is -0.481 e. The second kappa shape index (κ2) is 6.55. The van der Waals surface area contributed by atoms with Crippen molar-refractivity contribution in [3.8, 4) is 0 Å². The molecule has 0 unspecified atom stereocenters. The Hall–Kier alpha value is -1.84. The molecule has 0 atom stereocenters. The molecule has 110 valence electrons. The molecular formula is C16H23NO3. The number of amides is 1. The number of carbonyl (C=O) groups is 2. The fourth-order valence-electron chi connectivity index (χ4n) is 2.22. The molecule has 1 aromatic carbocycles. The zero-order valence-corrected chi connectivity index (χ0v) is 12.6. The summed E-state index contributed by atoms with van der Waals surface area (Å²) in [5.41, 5.74) is 1.33. The van der Waals surface area contributed by atoms with Gasteiger partial charge in [0, 0.05) is 12.1 Å². The third-order valence-electron chi connectivity index (χ3n) is 3.13. The molecule has 1 aromatic rings. The van der Waals surface area contributed by atoms with Crippen LogP contribution in [0.25, 0.3) is 0 Å². The lowest BCUT2D eigenvalue weighted by Gasteiger charge is -2.22. The third kappa shape index (κ3) is 5.03. The van der Waals surface area contributed by atoms with E-state index in [0.717, 1.165) is 11.3 Å². The molecule has 0 bridgehead atoms. The fraction of sp³-hybridized carbons (Fsp3) is 0.500. The number of para-hydroxylation sites is 1. The van der Waals surface area contributed by atoms with Crippen LogP contribution in [0.3, 0.4) is 0 Å². The van der Waals surface area contributed by atoms with Crippen molar-refractivity contribution < 1.29 is 14.7 Å². The first-order valence-electron chi connectivity index (χ1n) is 6.82. The maximum absolute atomic E-state index is 12.1. The minimum atomic E-state index is -0.884. The average Bonchev–Trinajstić information content (AvgIpc) is 2.26. The second-order valence-electron chi connectivity index (χ2n) is 6.20. The van der Waals surface area contributed by atoms with Gasteiger partial charge in [-0.2, -0.15) is 0 Å². The van der Waals surface area contributed by atoms with Crippen molar-refractivity contribution in [2.24, 2.45) is 5.41 Å². The van der Waals surface area contributed by atoms with Crippen molar-refractivity contribution in [3.63, 3.8) is 0 Å². The van der Waals surface area contributed by atoms with Gasteiger partial charge in [0.1, 0.15) is 0 Å². The van der Waals surface area contributed by atoms with Crippen LogP contribution in [0.15, 0.2) is 24.3 Å². The molecule has 0 fully saturated rings. The molecule has 0 saturated heterocycles. The molecule has 0 aromatic heterocycles. The van der Waals surface area contributed by atoms with Crippen LogP contribution in [0, 0.1) is 5.41 Å². The first kappa shape index (κ1) is 16.2. The van der Waals surface area contributed by atoms with Gasteiger partial charge in [0.05, 0.1) is 6.42 Å². The van der Waals surface area contributed by atoms with E-state index >= 15 is 0 Å². The molecule has 20 heavy (non-hydrogen) atoms. The van der Waals surface area contributed by atoms with Crippen molar-refractivity contribution in [2.45, 2.75) is 46.5 Å². The number of nitrogens with one attached hydrogen (secondary N) is 1. The lowest BCUT2D eigenvalue weighted by Crippen LogP contribution is -2.25. The van der Waals surface area contributed by atoms with Gasteiger partial charge in [0.25, 0.3) is 0 Å². The lowest BCUT2D eigenvalue weighted by atomic mass is 9.85. The highest BCUT2D eigenvalue weighted by Gasteiger charge is 2.25. The highest BCUT2D eigenvalue weighted by atomic mass is 16.4. The first-order chi connectivity index (χ1) is 9.21. The standard InChI is InChI=1S/C16H23NO3/c1-11(2)12-7-5-6-8-13(12)17-14(18)9-16(3,4)10-15(19)20/h5-8,11H,9-10H2,1-4H3,(H,17,18)(H,19,20). The number of aliphatic carboxylic acids is 1. The van der Waals surface area contributed by atoms with Crippen LogP contribution >= 0.6 is 0 Å². The molecule has 0 aliphatic carbocycles. The Morgan fingerprint density at radius 1 is 1.20 bits per heavy atom. The summed E-state index contributed by atoms with van der Waals surface area (Å²) < 4.78 is 0. The molecule has 0 heterocycles. The van der Waals surface area contributed by atoms with E-state index in [1.165, 1.54) is 0 Å². The van der Waals surface area contributed by atoms with E-state index in [2.05, 4.69) is 19.2 Å². The molecule has 1 amide bonds. The number of hydrogen-bond donors (Lipinski definition) is 2. The Morgan fingerprint density at radius 3 is 2.35 bits per heavy atom. The summed E-state index contributed by atoms with van der Waals surface area (Å²) >= 11 is 0. The molecule has 0 saturated carbocycles. The van der Waals surface area contributed by atoms with Crippen LogP contribution in [-0.4, -0.2) is 17.0 Å². The molecule has 0 radical (unpaired) electrons.